The fourth-order valence-corrected chi connectivity index (χ4v) is 5.09. The van der Waals surface area contributed by atoms with E-state index in [9.17, 15) is 8.42 Å². The third kappa shape index (κ3) is 2.03. The predicted octanol–water partition coefficient (Wildman–Crippen LogP) is 4.42. The molecule has 0 fully saturated rings. The Bertz CT molecular complexity index is 987. The lowest BCUT2D eigenvalue weighted by molar-refractivity contribution is 0.567. The number of benzene rings is 3. The fourth-order valence-electron chi connectivity index (χ4n) is 3.81. The standard InChI is InChI=1S/C19H18O2S/c1-22(20,21)19-8-4-7-15-17-10-9-13-5-2-3-6-14(13)16(17)11-12-18(15)19/h2-3,5-6,9-12,19H,4,7-8H2,1H3. The molecule has 1 atom stereocenters. The van der Waals surface area contributed by atoms with Gasteiger partial charge < -0.3 is 0 Å². The predicted molar refractivity (Wildman–Crippen MR) is 92.0 cm³/mol. The third-order valence-corrected chi connectivity index (χ3v) is 6.35. The number of hydrogen-bond acceptors (Lipinski definition) is 2. The van der Waals surface area contributed by atoms with E-state index in [-0.39, 0.29) is 5.25 Å². The summed E-state index contributed by atoms with van der Waals surface area (Å²) in [7, 11) is -3.05. The molecule has 0 spiro atoms. The molecule has 0 saturated heterocycles. The minimum Gasteiger partial charge on any atom is -0.228 e. The molecule has 0 aliphatic heterocycles. The minimum absolute atomic E-state index is 0.341. The van der Waals surface area contributed by atoms with Gasteiger partial charge in [-0.05, 0) is 51.9 Å². The summed E-state index contributed by atoms with van der Waals surface area (Å²) in [6, 6.07) is 16.8. The van der Waals surface area contributed by atoms with Crippen molar-refractivity contribution in [2.24, 2.45) is 0 Å². The molecule has 4 rings (SSSR count). The Morgan fingerprint density at radius 3 is 2.50 bits per heavy atom. The van der Waals surface area contributed by atoms with Crippen molar-refractivity contribution < 1.29 is 8.42 Å². The molecule has 1 aliphatic carbocycles. The SMILES string of the molecule is CS(=O)(=O)C1CCCc2c1ccc1c2ccc2ccccc21. The van der Waals surface area contributed by atoms with Crippen molar-refractivity contribution in [2.45, 2.75) is 24.5 Å². The Kier molecular flexibility index (Phi) is 3.01. The van der Waals surface area contributed by atoms with Crippen LogP contribution in [0.25, 0.3) is 21.5 Å². The monoisotopic (exact) mass is 310 g/mol. The summed E-state index contributed by atoms with van der Waals surface area (Å²) in [6.45, 7) is 0. The summed E-state index contributed by atoms with van der Waals surface area (Å²) in [6.07, 6.45) is 4.01. The first kappa shape index (κ1) is 13.8. The molecular weight excluding hydrogens is 292 g/mol. The fraction of sp³-hybridized carbons (Fsp3) is 0.263. The molecule has 1 unspecified atom stereocenters. The number of rotatable bonds is 1. The molecule has 22 heavy (non-hydrogen) atoms. The maximum Gasteiger partial charge on any atom is 0.154 e. The van der Waals surface area contributed by atoms with Crippen molar-refractivity contribution in [2.75, 3.05) is 6.26 Å². The van der Waals surface area contributed by atoms with E-state index in [4.69, 9.17) is 0 Å². The first-order valence-electron chi connectivity index (χ1n) is 7.68. The number of fused-ring (bicyclic) bond motifs is 5. The Hall–Kier alpha value is -1.87. The average Bonchev–Trinajstić information content (AvgIpc) is 2.52. The summed E-state index contributed by atoms with van der Waals surface area (Å²) in [5.41, 5.74) is 2.24. The Morgan fingerprint density at radius 2 is 1.68 bits per heavy atom. The molecule has 3 aromatic rings. The third-order valence-electron chi connectivity index (χ3n) is 4.83. The van der Waals surface area contributed by atoms with Gasteiger partial charge in [-0.25, -0.2) is 8.42 Å². The van der Waals surface area contributed by atoms with Crippen molar-refractivity contribution in [3.05, 3.63) is 59.7 Å². The molecule has 0 amide bonds. The van der Waals surface area contributed by atoms with Gasteiger partial charge in [0.05, 0.1) is 5.25 Å². The summed E-state index contributed by atoms with van der Waals surface area (Å²) in [5, 5.41) is 4.57. The van der Waals surface area contributed by atoms with Gasteiger partial charge in [0.15, 0.2) is 9.84 Å². The molecule has 0 bridgehead atoms. The van der Waals surface area contributed by atoms with Crippen LogP contribution in [0.5, 0.6) is 0 Å². The van der Waals surface area contributed by atoms with Gasteiger partial charge >= 0.3 is 0 Å². The maximum absolute atomic E-state index is 12.1. The molecule has 1 aliphatic rings. The topological polar surface area (TPSA) is 34.1 Å². The van der Waals surface area contributed by atoms with Crippen LogP contribution in [0.15, 0.2) is 48.5 Å². The number of hydrogen-bond donors (Lipinski definition) is 0. The highest BCUT2D eigenvalue weighted by atomic mass is 32.2. The van der Waals surface area contributed by atoms with Crippen LogP contribution in [0.2, 0.25) is 0 Å². The first-order chi connectivity index (χ1) is 10.6. The van der Waals surface area contributed by atoms with Crippen LogP contribution >= 0.6 is 0 Å². The van der Waals surface area contributed by atoms with Crippen LogP contribution in [-0.4, -0.2) is 14.7 Å². The molecule has 112 valence electrons. The van der Waals surface area contributed by atoms with Crippen LogP contribution in [0, 0.1) is 0 Å². The van der Waals surface area contributed by atoms with Gasteiger partial charge in [0.1, 0.15) is 0 Å². The van der Waals surface area contributed by atoms with E-state index >= 15 is 0 Å². The Morgan fingerprint density at radius 1 is 0.909 bits per heavy atom. The first-order valence-corrected chi connectivity index (χ1v) is 9.63. The summed E-state index contributed by atoms with van der Waals surface area (Å²) in [5.74, 6) is 0. The zero-order valence-corrected chi connectivity index (χ0v) is 13.4. The lowest BCUT2D eigenvalue weighted by Crippen LogP contribution is -2.18. The van der Waals surface area contributed by atoms with E-state index < -0.39 is 9.84 Å². The zero-order chi connectivity index (χ0) is 15.3. The molecule has 0 heterocycles. The Labute approximate surface area is 130 Å². The van der Waals surface area contributed by atoms with Crippen molar-refractivity contribution in [1.82, 2.24) is 0 Å². The van der Waals surface area contributed by atoms with E-state index in [2.05, 4.69) is 36.4 Å². The van der Waals surface area contributed by atoms with E-state index in [1.807, 2.05) is 12.1 Å². The van der Waals surface area contributed by atoms with Gasteiger partial charge in [0.2, 0.25) is 0 Å². The summed E-state index contributed by atoms with van der Waals surface area (Å²) in [4.78, 5) is 0. The van der Waals surface area contributed by atoms with Gasteiger partial charge in [-0.15, -0.1) is 0 Å². The molecule has 0 N–H and O–H groups in total. The van der Waals surface area contributed by atoms with Crippen LogP contribution in [-0.2, 0) is 16.3 Å². The largest absolute Gasteiger partial charge is 0.228 e. The summed E-state index contributed by atoms with van der Waals surface area (Å²) < 4.78 is 24.2. The Balaban J connectivity index is 2.06. The molecule has 2 nitrogen and oxygen atoms in total. The lowest BCUT2D eigenvalue weighted by Gasteiger charge is -2.25. The summed E-state index contributed by atoms with van der Waals surface area (Å²) >= 11 is 0. The number of aryl methyl sites for hydroxylation is 1. The van der Waals surface area contributed by atoms with Crippen molar-refractivity contribution in [1.29, 1.82) is 0 Å². The second-order valence-electron chi connectivity index (χ2n) is 6.23. The smallest absolute Gasteiger partial charge is 0.154 e. The van der Waals surface area contributed by atoms with Crippen LogP contribution in [0.3, 0.4) is 0 Å². The van der Waals surface area contributed by atoms with Crippen molar-refractivity contribution in [3.63, 3.8) is 0 Å². The highest BCUT2D eigenvalue weighted by Crippen LogP contribution is 2.40. The van der Waals surface area contributed by atoms with E-state index in [1.165, 1.54) is 33.4 Å². The quantitative estimate of drug-likeness (QED) is 0.624. The van der Waals surface area contributed by atoms with Gasteiger partial charge in [-0.2, -0.15) is 0 Å². The van der Waals surface area contributed by atoms with Gasteiger partial charge in [0, 0.05) is 6.26 Å². The highest BCUT2D eigenvalue weighted by Gasteiger charge is 2.29. The molecule has 0 radical (unpaired) electrons. The van der Waals surface area contributed by atoms with E-state index in [1.54, 1.807) is 0 Å². The van der Waals surface area contributed by atoms with Crippen LogP contribution < -0.4 is 0 Å². The van der Waals surface area contributed by atoms with E-state index in [0.29, 0.717) is 0 Å². The molecule has 3 heteroatoms. The molecular formula is C19H18O2S. The molecule has 0 saturated carbocycles. The van der Waals surface area contributed by atoms with E-state index in [0.717, 1.165) is 24.8 Å². The van der Waals surface area contributed by atoms with Gasteiger partial charge in [-0.3, -0.25) is 0 Å². The normalized spacial score (nSPS) is 18.5. The maximum atomic E-state index is 12.1. The molecule has 3 aromatic carbocycles. The van der Waals surface area contributed by atoms with Crippen LogP contribution in [0.4, 0.5) is 0 Å². The zero-order valence-electron chi connectivity index (χ0n) is 12.5. The number of sulfone groups is 1. The van der Waals surface area contributed by atoms with Crippen LogP contribution in [0.1, 0.15) is 29.2 Å². The average molecular weight is 310 g/mol. The highest BCUT2D eigenvalue weighted by molar-refractivity contribution is 7.90. The van der Waals surface area contributed by atoms with Crippen molar-refractivity contribution >= 4 is 31.4 Å². The second-order valence-corrected chi connectivity index (χ2v) is 8.45. The minimum atomic E-state index is -3.05. The second kappa shape index (κ2) is 4.82. The van der Waals surface area contributed by atoms with Gasteiger partial charge in [-0.1, -0.05) is 48.5 Å². The van der Waals surface area contributed by atoms with Gasteiger partial charge in [0.25, 0.3) is 0 Å². The molecule has 0 aromatic heterocycles. The van der Waals surface area contributed by atoms with Crippen molar-refractivity contribution in [3.8, 4) is 0 Å². The lowest BCUT2D eigenvalue weighted by atomic mass is 9.86.